The first kappa shape index (κ1) is 17.5. The Morgan fingerprint density at radius 1 is 1.21 bits per heavy atom. The van der Waals surface area contributed by atoms with Gasteiger partial charge in [0.15, 0.2) is 11.6 Å². The van der Waals surface area contributed by atoms with Gasteiger partial charge < -0.3 is 10.6 Å². The maximum Gasteiger partial charge on any atom is 0.324 e. The van der Waals surface area contributed by atoms with Crippen molar-refractivity contribution < 1.29 is 23.3 Å². The Balaban J connectivity index is 2.28. The van der Waals surface area contributed by atoms with Gasteiger partial charge in [-0.05, 0) is 23.8 Å². The van der Waals surface area contributed by atoms with Crippen LogP contribution >= 0.6 is 11.3 Å². The van der Waals surface area contributed by atoms with E-state index in [0.29, 0.717) is 11.3 Å². The van der Waals surface area contributed by atoms with E-state index in [1.54, 1.807) is 0 Å². The molecular weight excluding hydrogens is 344 g/mol. The smallest absolute Gasteiger partial charge is 0.324 e. The van der Waals surface area contributed by atoms with Gasteiger partial charge in [-0.25, -0.2) is 8.78 Å². The predicted octanol–water partition coefficient (Wildman–Crippen LogP) is 2.15. The first-order chi connectivity index (χ1) is 11.3. The fraction of sp³-hybridized carbons (Fsp3) is 0.143. The largest absolute Gasteiger partial charge is 0.357 e. The van der Waals surface area contributed by atoms with E-state index in [9.17, 15) is 28.5 Å². The number of rotatable bonds is 5. The van der Waals surface area contributed by atoms with Crippen molar-refractivity contribution in [1.29, 1.82) is 0 Å². The van der Waals surface area contributed by atoms with Crippen LogP contribution in [0.2, 0.25) is 0 Å². The van der Waals surface area contributed by atoms with Crippen LogP contribution < -0.4 is 10.6 Å². The molecule has 1 atom stereocenters. The number of carbonyl (C=O) groups is 2. The molecule has 0 saturated heterocycles. The van der Waals surface area contributed by atoms with Crippen molar-refractivity contribution in [3.63, 3.8) is 0 Å². The second-order valence-electron chi connectivity index (χ2n) is 4.59. The van der Waals surface area contributed by atoms with Crippen LogP contribution in [0.4, 0.5) is 13.8 Å². The Hall–Kier alpha value is -2.88. The highest BCUT2D eigenvalue weighted by molar-refractivity contribution is 7.17. The van der Waals surface area contributed by atoms with Crippen molar-refractivity contribution in [1.82, 2.24) is 10.6 Å². The highest BCUT2D eigenvalue weighted by Gasteiger charge is 2.25. The lowest BCUT2D eigenvalue weighted by molar-refractivity contribution is -0.380. The van der Waals surface area contributed by atoms with Crippen LogP contribution in [0, 0.1) is 21.7 Å². The van der Waals surface area contributed by atoms with Gasteiger partial charge in [0.25, 0.3) is 5.91 Å². The molecule has 126 valence electrons. The van der Waals surface area contributed by atoms with Crippen molar-refractivity contribution in [2.45, 2.75) is 6.04 Å². The number of hydrogen-bond acceptors (Lipinski definition) is 5. The molecule has 0 fully saturated rings. The fourth-order valence-corrected chi connectivity index (χ4v) is 2.61. The van der Waals surface area contributed by atoms with Crippen LogP contribution in [0.25, 0.3) is 0 Å². The molecule has 1 aromatic carbocycles. The maximum atomic E-state index is 13.4. The second-order valence-corrected chi connectivity index (χ2v) is 5.65. The van der Waals surface area contributed by atoms with Gasteiger partial charge >= 0.3 is 5.00 Å². The molecule has 0 spiro atoms. The monoisotopic (exact) mass is 355 g/mol. The van der Waals surface area contributed by atoms with Crippen LogP contribution in [0.3, 0.4) is 0 Å². The maximum absolute atomic E-state index is 13.4. The molecule has 1 aromatic heterocycles. The Kier molecular flexibility index (Phi) is 5.19. The zero-order chi connectivity index (χ0) is 17.9. The number of carbonyl (C=O) groups excluding carboxylic acids is 2. The van der Waals surface area contributed by atoms with E-state index in [-0.39, 0.29) is 15.4 Å². The Morgan fingerprint density at radius 2 is 1.92 bits per heavy atom. The van der Waals surface area contributed by atoms with Crippen molar-refractivity contribution >= 4 is 28.2 Å². The summed E-state index contributed by atoms with van der Waals surface area (Å²) >= 11 is 0.634. The molecule has 0 aliphatic heterocycles. The quantitative estimate of drug-likeness (QED) is 0.634. The number of nitrogens with one attached hydrogen (secondary N) is 2. The highest BCUT2D eigenvalue weighted by atomic mass is 32.1. The molecule has 0 bridgehead atoms. The number of likely N-dealkylation sites (N-methyl/N-ethyl adjacent to an activating group) is 1. The van der Waals surface area contributed by atoms with Gasteiger partial charge in [0.2, 0.25) is 5.91 Å². The molecule has 2 rings (SSSR count). The van der Waals surface area contributed by atoms with Crippen molar-refractivity contribution in [2.75, 3.05) is 7.05 Å². The third-order valence-electron chi connectivity index (χ3n) is 3.06. The van der Waals surface area contributed by atoms with Gasteiger partial charge in [-0.3, -0.25) is 19.7 Å². The summed E-state index contributed by atoms with van der Waals surface area (Å²) in [6.07, 6.45) is 0. The Bertz CT molecular complexity index is 809. The SMILES string of the molecule is CNC(=O)C(NC(=O)c1ccc([N+](=O)[O-])s1)c1ccc(F)c(F)c1. The minimum atomic E-state index is -1.28. The second kappa shape index (κ2) is 7.13. The van der Waals surface area contributed by atoms with E-state index < -0.39 is 34.4 Å². The summed E-state index contributed by atoms with van der Waals surface area (Å²) in [6, 6.07) is 3.92. The average molecular weight is 355 g/mol. The summed E-state index contributed by atoms with van der Waals surface area (Å²) in [5.74, 6) is -3.65. The van der Waals surface area contributed by atoms with E-state index in [1.165, 1.54) is 13.1 Å². The number of nitrogens with zero attached hydrogens (tertiary/aromatic N) is 1. The summed E-state index contributed by atoms with van der Waals surface area (Å²) in [6.45, 7) is 0. The van der Waals surface area contributed by atoms with Gasteiger partial charge in [-0.1, -0.05) is 17.4 Å². The highest BCUT2D eigenvalue weighted by Crippen LogP contribution is 2.25. The number of thiophene rings is 1. The number of benzene rings is 1. The molecular formula is C14H11F2N3O4S. The summed E-state index contributed by atoms with van der Waals surface area (Å²) < 4.78 is 26.4. The summed E-state index contributed by atoms with van der Waals surface area (Å²) in [4.78, 5) is 34.1. The van der Waals surface area contributed by atoms with E-state index in [1.807, 2.05) is 0 Å². The molecule has 2 N–H and O–H groups in total. The van der Waals surface area contributed by atoms with Gasteiger partial charge in [-0.15, -0.1) is 0 Å². The van der Waals surface area contributed by atoms with Crippen LogP contribution in [0.15, 0.2) is 30.3 Å². The minimum absolute atomic E-state index is 0.0122. The zero-order valence-electron chi connectivity index (χ0n) is 12.2. The molecule has 1 heterocycles. The molecule has 0 aliphatic carbocycles. The van der Waals surface area contributed by atoms with E-state index in [2.05, 4.69) is 10.6 Å². The molecule has 7 nitrogen and oxygen atoms in total. The van der Waals surface area contributed by atoms with Crippen LogP contribution in [-0.2, 0) is 4.79 Å². The normalized spacial score (nSPS) is 11.6. The van der Waals surface area contributed by atoms with E-state index >= 15 is 0 Å². The lowest BCUT2D eigenvalue weighted by Gasteiger charge is -2.17. The average Bonchev–Trinajstić information content (AvgIpc) is 3.05. The first-order valence-electron chi connectivity index (χ1n) is 6.55. The third kappa shape index (κ3) is 3.71. The van der Waals surface area contributed by atoms with Crippen LogP contribution in [-0.4, -0.2) is 23.8 Å². The van der Waals surface area contributed by atoms with E-state index in [4.69, 9.17) is 0 Å². The lowest BCUT2D eigenvalue weighted by atomic mass is 10.1. The van der Waals surface area contributed by atoms with Crippen molar-refractivity contribution in [3.05, 3.63) is 62.5 Å². The van der Waals surface area contributed by atoms with Crippen molar-refractivity contribution in [3.8, 4) is 0 Å². The lowest BCUT2D eigenvalue weighted by Crippen LogP contribution is -2.38. The number of nitro groups is 1. The van der Waals surface area contributed by atoms with E-state index in [0.717, 1.165) is 24.3 Å². The van der Waals surface area contributed by atoms with Crippen LogP contribution in [0.5, 0.6) is 0 Å². The summed E-state index contributed by atoms with van der Waals surface area (Å²) in [7, 11) is 1.32. The number of halogens is 2. The predicted molar refractivity (Wildman–Crippen MR) is 81.6 cm³/mol. The number of hydrogen-bond donors (Lipinski definition) is 2. The van der Waals surface area contributed by atoms with Crippen LogP contribution in [0.1, 0.15) is 21.3 Å². The Labute approximate surface area is 138 Å². The molecule has 0 radical (unpaired) electrons. The number of amides is 2. The fourth-order valence-electron chi connectivity index (χ4n) is 1.89. The topological polar surface area (TPSA) is 101 Å². The molecule has 1 unspecified atom stereocenters. The Morgan fingerprint density at radius 3 is 2.46 bits per heavy atom. The first-order valence-corrected chi connectivity index (χ1v) is 7.36. The third-order valence-corrected chi connectivity index (χ3v) is 4.09. The molecule has 0 saturated carbocycles. The van der Waals surface area contributed by atoms with Gasteiger partial charge in [-0.2, -0.15) is 0 Å². The van der Waals surface area contributed by atoms with Crippen molar-refractivity contribution in [2.24, 2.45) is 0 Å². The molecule has 0 aliphatic rings. The summed E-state index contributed by atoms with van der Waals surface area (Å²) in [5, 5.41) is 15.1. The standard InChI is InChI=1S/C14H11F2N3O4S/c1-17-14(21)12(7-2-3-8(15)9(16)6-7)18-13(20)10-4-5-11(24-10)19(22)23/h2-6,12H,1H3,(H,17,21)(H,18,20). The molecule has 10 heteroatoms. The zero-order valence-corrected chi connectivity index (χ0v) is 13.0. The van der Waals surface area contributed by atoms with Gasteiger partial charge in [0.1, 0.15) is 6.04 Å². The molecule has 2 amide bonds. The van der Waals surface area contributed by atoms with Gasteiger partial charge in [0.05, 0.1) is 9.80 Å². The molecule has 24 heavy (non-hydrogen) atoms. The minimum Gasteiger partial charge on any atom is -0.357 e. The summed E-state index contributed by atoms with van der Waals surface area (Å²) in [5.41, 5.74) is 0.0349. The molecule has 2 aromatic rings. The van der Waals surface area contributed by atoms with Gasteiger partial charge in [0, 0.05) is 13.1 Å².